The third kappa shape index (κ3) is 2.99. The molecule has 1 fully saturated rings. The predicted molar refractivity (Wildman–Crippen MR) is 92.1 cm³/mol. The van der Waals surface area contributed by atoms with E-state index in [9.17, 15) is 29.4 Å². The van der Waals surface area contributed by atoms with Gasteiger partial charge in [0, 0.05) is 16.4 Å². The number of hydrogen-bond acceptors (Lipinski definition) is 6. The van der Waals surface area contributed by atoms with Crippen molar-refractivity contribution < 1.29 is 29.4 Å². The first-order valence-corrected chi connectivity index (χ1v) is 8.75. The zero-order chi connectivity index (χ0) is 19.0. The molecule has 0 bridgehead atoms. The summed E-state index contributed by atoms with van der Waals surface area (Å²) in [6.45, 7) is 1.79. The molecular weight excluding hydrogens is 360 g/mol. The van der Waals surface area contributed by atoms with Crippen LogP contribution in [-0.4, -0.2) is 55.8 Å². The smallest absolute Gasteiger partial charge is 0.352 e. The van der Waals surface area contributed by atoms with Gasteiger partial charge in [-0.25, -0.2) is 4.79 Å². The Morgan fingerprint density at radius 2 is 2.04 bits per heavy atom. The van der Waals surface area contributed by atoms with Gasteiger partial charge in [0.2, 0.25) is 0 Å². The molecular formula is C17H16N2O6S. The number of amides is 2. The number of benzene rings is 1. The first kappa shape index (κ1) is 18.2. The van der Waals surface area contributed by atoms with E-state index in [0.717, 1.165) is 4.90 Å². The largest absolute Gasteiger partial charge is 0.477 e. The van der Waals surface area contributed by atoms with Crippen LogP contribution in [-0.2, 0) is 14.4 Å². The molecule has 2 aliphatic heterocycles. The molecule has 3 N–H and O–H groups in total. The highest BCUT2D eigenvalue weighted by molar-refractivity contribution is 8.00. The summed E-state index contributed by atoms with van der Waals surface area (Å²) < 4.78 is 0. The molecule has 3 unspecified atom stereocenters. The highest BCUT2D eigenvalue weighted by Crippen LogP contribution is 2.40. The monoisotopic (exact) mass is 376 g/mol. The number of aldehydes is 1. The summed E-state index contributed by atoms with van der Waals surface area (Å²) in [5, 5.41) is 21.2. The minimum atomic E-state index is -1.61. The summed E-state index contributed by atoms with van der Waals surface area (Å²) in [5.41, 5.74) is 0.205. The third-order valence-corrected chi connectivity index (χ3v) is 5.56. The molecule has 0 radical (unpaired) electrons. The number of carboxylic acid groups (broad SMARTS) is 1. The molecule has 0 aliphatic carbocycles. The maximum atomic E-state index is 12.3. The van der Waals surface area contributed by atoms with Crippen molar-refractivity contribution in [1.82, 2.24) is 10.2 Å². The van der Waals surface area contributed by atoms with Gasteiger partial charge in [0.25, 0.3) is 11.8 Å². The van der Waals surface area contributed by atoms with E-state index in [0.29, 0.717) is 6.29 Å². The summed E-state index contributed by atoms with van der Waals surface area (Å²) in [4.78, 5) is 48.1. The first-order valence-electron chi connectivity index (χ1n) is 7.81. The van der Waals surface area contributed by atoms with Crippen molar-refractivity contribution in [1.29, 1.82) is 0 Å². The fourth-order valence-electron chi connectivity index (χ4n) is 2.97. The van der Waals surface area contributed by atoms with Crippen LogP contribution in [0.4, 0.5) is 0 Å². The summed E-state index contributed by atoms with van der Waals surface area (Å²) in [7, 11) is 0. The Morgan fingerprint density at radius 1 is 1.35 bits per heavy atom. The fraction of sp³-hybridized carbons (Fsp3) is 0.294. The van der Waals surface area contributed by atoms with Gasteiger partial charge in [-0.05, 0) is 13.0 Å². The van der Waals surface area contributed by atoms with E-state index in [1.165, 1.54) is 30.0 Å². The van der Waals surface area contributed by atoms with Gasteiger partial charge in [0.1, 0.15) is 23.4 Å². The van der Waals surface area contributed by atoms with Gasteiger partial charge in [0.15, 0.2) is 6.10 Å². The van der Waals surface area contributed by atoms with Crippen LogP contribution in [0.25, 0.3) is 0 Å². The number of aliphatic carboxylic acids is 1. The molecule has 2 amide bonds. The number of aliphatic hydroxyl groups excluding tert-OH is 1. The molecule has 2 aliphatic rings. The maximum absolute atomic E-state index is 12.3. The van der Waals surface area contributed by atoms with E-state index in [-0.39, 0.29) is 22.1 Å². The lowest BCUT2D eigenvalue weighted by molar-refractivity contribution is -0.151. The van der Waals surface area contributed by atoms with Gasteiger partial charge in [-0.2, -0.15) is 0 Å². The summed E-state index contributed by atoms with van der Waals surface area (Å²) in [6.07, 6.45) is 0.401. The molecule has 8 nitrogen and oxygen atoms in total. The van der Waals surface area contributed by atoms with Crippen LogP contribution < -0.4 is 5.32 Å². The molecule has 0 spiro atoms. The van der Waals surface area contributed by atoms with Crippen LogP contribution in [0.15, 0.2) is 36.0 Å². The van der Waals surface area contributed by atoms with Crippen LogP contribution in [0.2, 0.25) is 0 Å². The number of β-lactam (4-membered cyclic amide) rings is 1. The van der Waals surface area contributed by atoms with Crippen molar-refractivity contribution in [2.45, 2.75) is 29.7 Å². The molecule has 136 valence electrons. The minimum Gasteiger partial charge on any atom is -0.477 e. The maximum Gasteiger partial charge on any atom is 0.352 e. The fourth-order valence-corrected chi connectivity index (χ4v) is 4.30. The normalized spacial score (nSPS) is 25.5. The van der Waals surface area contributed by atoms with Crippen molar-refractivity contribution in [3.63, 3.8) is 0 Å². The molecule has 1 saturated heterocycles. The zero-order valence-corrected chi connectivity index (χ0v) is 14.5. The first-order chi connectivity index (χ1) is 12.3. The van der Waals surface area contributed by atoms with Crippen LogP contribution in [0.5, 0.6) is 0 Å². The number of nitrogens with one attached hydrogen (secondary N) is 1. The second kappa shape index (κ2) is 6.93. The Morgan fingerprint density at radius 3 is 2.69 bits per heavy atom. The van der Waals surface area contributed by atoms with Crippen molar-refractivity contribution in [2.24, 2.45) is 0 Å². The topological polar surface area (TPSA) is 124 Å². The lowest BCUT2D eigenvalue weighted by atomic mass is 10.0. The molecule has 3 rings (SSSR count). The van der Waals surface area contributed by atoms with Gasteiger partial charge in [-0.1, -0.05) is 24.3 Å². The number of carbonyl (C=O) groups is 4. The number of thioether (sulfide) groups is 1. The molecule has 2 heterocycles. The van der Waals surface area contributed by atoms with Crippen LogP contribution in [0.3, 0.4) is 0 Å². The number of carbonyl (C=O) groups excluding carboxylic acids is 3. The minimum absolute atomic E-state index is 0.108. The Kier molecular flexibility index (Phi) is 4.84. The van der Waals surface area contributed by atoms with Crippen LogP contribution >= 0.6 is 11.8 Å². The second-order valence-electron chi connectivity index (χ2n) is 5.93. The van der Waals surface area contributed by atoms with Crippen molar-refractivity contribution in [2.75, 3.05) is 0 Å². The predicted octanol–water partition coefficient (Wildman–Crippen LogP) is 0.289. The summed E-state index contributed by atoms with van der Waals surface area (Å²) in [6, 6.07) is 5.17. The third-order valence-electron chi connectivity index (χ3n) is 4.23. The Labute approximate surface area is 152 Å². The van der Waals surface area contributed by atoms with Crippen LogP contribution in [0.1, 0.15) is 28.9 Å². The van der Waals surface area contributed by atoms with Crippen LogP contribution in [0, 0.1) is 0 Å². The van der Waals surface area contributed by atoms with Crippen molar-refractivity contribution >= 4 is 35.8 Å². The van der Waals surface area contributed by atoms with E-state index in [1.54, 1.807) is 19.1 Å². The second-order valence-corrected chi connectivity index (χ2v) is 7.43. The molecule has 1 aromatic rings. The highest BCUT2D eigenvalue weighted by atomic mass is 32.2. The highest BCUT2D eigenvalue weighted by Gasteiger charge is 2.54. The molecule has 9 heteroatoms. The Bertz CT molecular complexity index is 823. The molecule has 0 aromatic heterocycles. The number of carboxylic acids is 1. The molecule has 26 heavy (non-hydrogen) atoms. The number of rotatable bonds is 5. The van der Waals surface area contributed by atoms with Gasteiger partial charge in [0.05, 0.1) is 0 Å². The van der Waals surface area contributed by atoms with Gasteiger partial charge in [-0.15, -0.1) is 11.8 Å². The van der Waals surface area contributed by atoms with E-state index >= 15 is 0 Å². The summed E-state index contributed by atoms with van der Waals surface area (Å²) in [5.74, 6) is -2.58. The number of nitrogens with zero attached hydrogens (tertiary/aromatic N) is 1. The Hall–Kier alpha value is -2.65. The molecule has 4 atom stereocenters. The van der Waals surface area contributed by atoms with E-state index in [4.69, 9.17) is 0 Å². The van der Waals surface area contributed by atoms with Gasteiger partial charge < -0.3 is 15.5 Å². The number of hydrogen-bond donors (Lipinski definition) is 3. The Balaban J connectivity index is 1.75. The molecule has 1 aromatic carbocycles. The molecule has 0 saturated carbocycles. The number of aliphatic hydroxyl groups is 1. The number of fused-ring (bicyclic) bond motifs is 1. The summed E-state index contributed by atoms with van der Waals surface area (Å²) >= 11 is 1.34. The lowest BCUT2D eigenvalue weighted by Gasteiger charge is -2.49. The quantitative estimate of drug-likeness (QED) is 0.498. The zero-order valence-electron chi connectivity index (χ0n) is 13.7. The lowest BCUT2D eigenvalue weighted by Crippen LogP contribution is -2.70. The average molecular weight is 376 g/mol. The van der Waals surface area contributed by atoms with E-state index in [2.05, 4.69) is 5.32 Å². The van der Waals surface area contributed by atoms with E-state index in [1.807, 2.05) is 0 Å². The standard InChI is InChI=1S/C17H16N2O6S/c1-8-6-11(17(24)25)19-15(23)12(16(19)26-8)18-14(22)13(21)10-5-3-2-4-9(10)7-20/h2-8,12-13,16,21H,1H3,(H,18,22)(H,24,25)/t8?,12?,13?,16-/m1/s1. The SMILES string of the molecule is CC1C=C(C(=O)O)N2C(=O)C(NC(=O)C(O)c3ccccc3C=O)[C@H]2S1. The van der Waals surface area contributed by atoms with Gasteiger partial charge >= 0.3 is 5.97 Å². The van der Waals surface area contributed by atoms with Crippen molar-refractivity contribution in [3.8, 4) is 0 Å². The van der Waals surface area contributed by atoms with Crippen molar-refractivity contribution in [3.05, 3.63) is 47.2 Å². The van der Waals surface area contributed by atoms with E-state index < -0.39 is 35.3 Å². The average Bonchev–Trinajstić information content (AvgIpc) is 2.64. The van der Waals surface area contributed by atoms with Gasteiger partial charge in [-0.3, -0.25) is 19.3 Å².